The second-order valence-corrected chi connectivity index (χ2v) is 13.3. The minimum absolute atomic E-state index is 0.0264. The molecule has 7 nitrogen and oxygen atoms in total. The number of aliphatic hydroxyl groups is 1. The molecule has 10 heteroatoms. The van der Waals surface area contributed by atoms with Gasteiger partial charge in [0, 0.05) is 35.4 Å². The van der Waals surface area contributed by atoms with Crippen LogP contribution in [0, 0.1) is 11.8 Å². The van der Waals surface area contributed by atoms with E-state index < -0.39 is 11.7 Å². The van der Waals surface area contributed by atoms with E-state index >= 15 is 0 Å². The maximum atomic E-state index is 13.4. The molecular formula is C33H34Cl3N3O4. The zero-order valence-electron chi connectivity index (χ0n) is 24.0. The van der Waals surface area contributed by atoms with Crippen molar-refractivity contribution in [1.29, 1.82) is 0 Å². The van der Waals surface area contributed by atoms with Crippen LogP contribution in [-0.4, -0.2) is 40.7 Å². The SMILES string of the molecule is CC1=NN(c2c(Cl)cc(Cl)cc2Cl)C(=O)C1=C1C(=O)C(c2ccc(N(CCC3CCCC3)CC3CCCC3)cc2O)=C1O. The van der Waals surface area contributed by atoms with Crippen LogP contribution in [0.3, 0.4) is 0 Å². The third-order valence-electron chi connectivity index (χ3n) is 9.24. The average Bonchev–Trinajstić information content (AvgIpc) is 3.72. The number of halogens is 3. The highest BCUT2D eigenvalue weighted by Crippen LogP contribution is 2.45. The minimum atomic E-state index is -0.651. The van der Waals surface area contributed by atoms with Gasteiger partial charge >= 0.3 is 0 Å². The Labute approximate surface area is 266 Å². The third kappa shape index (κ3) is 5.67. The minimum Gasteiger partial charge on any atom is -0.507 e. The molecule has 2 N–H and O–H groups in total. The first-order valence-corrected chi connectivity index (χ1v) is 16.1. The van der Waals surface area contributed by atoms with Crippen LogP contribution in [0.4, 0.5) is 11.4 Å². The number of nitrogens with zero attached hydrogens (tertiary/aromatic N) is 3. The largest absolute Gasteiger partial charge is 0.507 e. The summed E-state index contributed by atoms with van der Waals surface area (Å²) < 4.78 is 0. The number of phenols is 1. The van der Waals surface area contributed by atoms with E-state index in [9.17, 15) is 19.8 Å². The maximum Gasteiger partial charge on any atom is 0.281 e. The number of rotatable bonds is 8. The number of phenolic OH excluding ortho intramolecular Hbond substituents is 1. The van der Waals surface area contributed by atoms with Crippen molar-refractivity contribution in [2.45, 2.75) is 64.7 Å². The molecule has 1 heterocycles. The summed E-state index contributed by atoms with van der Waals surface area (Å²) in [4.78, 5) is 29.2. The van der Waals surface area contributed by atoms with Gasteiger partial charge in [0.2, 0.25) is 5.78 Å². The number of aliphatic hydroxyl groups excluding tert-OH is 1. The Hall–Kier alpha value is -3.00. The van der Waals surface area contributed by atoms with Gasteiger partial charge in [-0.25, -0.2) is 0 Å². The first-order valence-electron chi connectivity index (χ1n) is 15.0. The number of carbonyl (C=O) groups is 2. The molecule has 1 aliphatic heterocycles. The van der Waals surface area contributed by atoms with Crippen LogP contribution in [0.25, 0.3) is 5.57 Å². The number of amides is 1. The Morgan fingerprint density at radius 3 is 2.12 bits per heavy atom. The number of hydrazone groups is 1. The number of Topliss-reactive ketones (excluding diaryl/α,β-unsaturated/α-hetero) is 1. The normalized spacial score (nSPS) is 21.3. The molecule has 3 aliphatic carbocycles. The van der Waals surface area contributed by atoms with E-state index in [0.717, 1.165) is 36.1 Å². The maximum absolute atomic E-state index is 13.4. The van der Waals surface area contributed by atoms with Crippen LogP contribution in [0.2, 0.25) is 15.1 Å². The molecule has 43 heavy (non-hydrogen) atoms. The second kappa shape index (κ2) is 12.2. The molecule has 226 valence electrons. The number of ketones is 1. The molecule has 2 fully saturated rings. The monoisotopic (exact) mass is 641 g/mol. The fourth-order valence-electron chi connectivity index (χ4n) is 6.96. The first kappa shape index (κ1) is 30.0. The van der Waals surface area contributed by atoms with Gasteiger partial charge in [0.1, 0.15) is 17.2 Å². The fourth-order valence-corrected chi connectivity index (χ4v) is 7.94. The van der Waals surface area contributed by atoms with Gasteiger partial charge in [-0.1, -0.05) is 73.3 Å². The number of carbonyl (C=O) groups excluding carboxylic acids is 2. The quantitative estimate of drug-likeness (QED) is 0.282. The molecule has 4 aliphatic rings. The Balaban J connectivity index is 1.27. The summed E-state index contributed by atoms with van der Waals surface area (Å²) in [5, 5.41) is 28.0. The third-order valence-corrected chi connectivity index (χ3v) is 10.0. The lowest BCUT2D eigenvalue weighted by atomic mass is 9.79. The lowest BCUT2D eigenvalue weighted by molar-refractivity contribution is -0.115. The zero-order valence-corrected chi connectivity index (χ0v) is 26.3. The van der Waals surface area contributed by atoms with E-state index in [1.807, 2.05) is 6.07 Å². The van der Waals surface area contributed by atoms with Gasteiger partial charge in [-0.2, -0.15) is 10.1 Å². The Morgan fingerprint density at radius 2 is 1.51 bits per heavy atom. The first-order chi connectivity index (χ1) is 20.6. The lowest BCUT2D eigenvalue weighted by Gasteiger charge is -2.30. The molecule has 2 aromatic rings. The van der Waals surface area contributed by atoms with Crippen LogP contribution in [0.15, 0.2) is 52.3 Å². The van der Waals surface area contributed by atoms with Crippen molar-refractivity contribution >= 4 is 69.2 Å². The Kier molecular flexibility index (Phi) is 8.51. The number of allylic oxidation sites excluding steroid dienone is 2. The summed E-state index contributed by atoms with van der Waals surface area (Å²) in [5.74, 6) is -0.235. The van der Waals surface area contributed by atoms with E-state index in [1.54, 1.807) is 19.1 Å². The summed E-state index contributed by atoms with van der Waals surface area (Å²) in [6.07, 6.45) is 11.3. The highest BCUT2D eigenvalue weighted by atomic mass is 35.5. The van der Waals surface area contributed by atoms with E-state index in [-0.39, 0.29) is 55.2 Å². The van der Waals surface area contributed by atoms with E-state index in [2.05, 4.69) is 10.0 Å². The topological polar surface area (TPSA) is 93.4 Å². The van der Waals surface area contributed by atoms with Crippen molar-refractivity contribution in [3.05, 3.63) is 67.9 Å². The molecule has 0 aromatic heterocycles. The Bertz CT molecular complexity index is 1560. The van der Waals surface area contributed by atoms with E-state index in [0.29, 0.717) is 10.9 Å². The highest BCUT2D eigenvalue weighted by molar-refractivity contribution is 6.47. The van der Waals surface area contributed by atoms with Crippen LogP contribution in [-0.2, 0) is 9.59 Å². The standard InChI is InChI=1S/C33H34Cl3N3O4/c1-18-27(33(43)39(37-18)30-24(35)14-21(34)15-25(30)36)29-31(41)28(32(29)42)23-11-10-22(16-26(23)40)38(17-20-8-4-5-9-20)13-12-19-6-2-3-7-19/h10-11,14-16,19-20,40-41H,2-9,12-13,17H2,1H3. The summed E-state index contributed by atoms with van der Waals surface area (Å²) in [6, 6.07) is 8.17. The predicted molar refractivity (Wildman–Crippen MR) is 173 cm³/mol. The number of hydrogen-bond donors (Lipinski definition) is 2. The molecule has 0 bridgehead atoms. The molecule has 1 amide bonds. The fraction of sp³-hybridized carbons (Fsp3) is 0.424. The van der Waals surface area contributed by atoms with E-state index in [4.69, 9.17) is 34.8 Å². The number of hydrogen-bond acceptors (Lipinski definition) is 6. The van der Waals surface area contributed by atoms with Crippen molar-refractivity contribution in [3.63, 3.8) is 0 Å². The Morgan fingerprint density at radius 1 is 0.884 bits per heavy atom. The predicted octanol–water partition coefficient (Wildman–Crippen LogP) is 8.50. The van der Waals surface area contributed by atoms with Gasteiger partial charge in [-0.15, -0.1) is 0 Å². The number of anilines is 2. The lowest BCUT2D eigenvalue weighted by Crippen LogP contribution is -2.31. The summed E-state index contributed by atoms with van der Waals surface area (Å²) in [7, 11) is 0. The van der Waals surface area contributed by atoms with Crippen LogP contribution >= 0.6 is 34.8 Å². The van der Waals surface area contributed by atoms with Crippen LogP contribution in [0.1, 0.15) is 70.3 Å². The summed E-state index contributed by atoms with van der Waals surface area (Å²) >= 11 is 18.6. The molecule has 0 atom stereocenters. The van der Waals surface area contributed by atoms with Gasteiger partial charge in [0.05, 0.1) is 32.5 Å². The number of benzene rings is 2. The van der Waals surface area contributed by atoms with E-state index in [1.165, 1.54) is 63.5 Å². The van der Waals surface area contributed by atoms with Crippen molar-refractivity contribution < 1.29 is 19.8 Å². The van der Waals surface area contributed by atoms with Crippen molar-refractivity contribution in [2.24, 2.45) is 16.9 Å². The van der Waals surface area contributed by atoms with Crippen LogP contribution < -0.4 is 9.91 Å². The number of aromatic hydroxyl groups is 1. The molecule has 0 unspecified atom stereocenters. The molecule has 0 spiro atoms. The van der Waals surface area contributed by atoms with Gasteiger partial charge in [0.25, 0.3) is 5.91 Å². The smallest absolute Gasteiger partial charge is 0.281 e. The molecular weight excluding hydrogens is 609 g/mol. The molecule has 2 aromatic carbocycles. The van der Waals surface area contributed by atoms with Gasteiger partial charge in [-0.3, -0.25) is 9.59 Å². The second-order valence-electron chi connectivity index (χ2n) is 12.1. The summed E-state index contributed by atoms with van der Waals surface area (Å²) in [6.45, 7) is 3.45. The van der Waals surface area contributed by atoms with Gasteiger partial charge in [0.15, 0.2) is 0 Å². The average molecular weight is 643 g/mol. The van der Waals surface area contributed by atoms with Crippen molar-refractivity contribution in [3.8, 4) is 5.75 Å². The molecule has 0 saturated heterocycles. The highest BCUT2D eigenvalue weighted by Gasteiger charge is 2.44. The van der Waals surface area contributed by atoms with Gasteiger partial charge in [-0.05, 0) is 62.3 Å². The molecule has 2 saturated carbocycles. The summed E-state index contributed by atoms with van der Waals surface area (Å²) in [5.41, 5.74) is 1.29. The van der Waals surface area contributed by atoms with Crippen molar-refractivity contribution in [1.82, 2.24) is 0 Å². The molecule has 6 rings (SSSR count). The van der Waals surface area contributed by atoms with Crippen LogP contribution in [0.5, 0.6) is 5.75 Å². The van der Waals surface area contributed by atoms with Gasteiger partial charge < -0.3 is 15.1 Å². The molecule has 0 radical (unpaired) electrons. The van der Waals surface area contributed by atoms with Crippen molar-refractivity contribution in [2.75, 3.05) is 23.0 Å². The zero-order chi connectivity index (χ0) is 30.4.